The van der Waals surface area contributed by atoms with Gasteiger partial charge in [0.15, 0.2) is 5.82 Å². The first-order valence-electron chi connectivity index (χ1n) is 6.69. The number of carbonyl (C=O) groups excluding carboxylic acids is 1. The van der Waals surface area contributed by atoms with Gasteiger partial charge in [-0.1, -0.05) is 12.1 Å². The lowest BCUT2D eigenvalue weighted by atomic mass is 10.2. The second kappa shape index (κ2) is 6.32. The molecule has 0 spiro atoms. The number of nitrogens with zero attached hydrogens (tertiary/aromatic N) is 2. The minimum atomic E-state index is -0.111. The number of hydrogen-bond donors (Lipinski definition) is 1. The van der Waals surface area contributed by atoms with Crippen LogP contribution in [0.25, 0.3) is 0 Å². The molecule has 2 amide bonds. The first-order chi connectivity index (χ1) is 9.10. The van der Waals surface area contributed by atoms with Gasteiger partial charge < -0.3 is 9.42 Å². The first-order valence-corrected chi connectivity index (χ1v) is 7.73. The van der Waals surface area contributed by atoms with Gasteiger partial charge in [-0.05, 0) is 31.9 Å². The molecular weight excluding hydrogens is 262 g/mol. The Hall–Kier alpha value is -1.17. The predicted molar refractivity (Wildman–Crippen MR) is 77.6 cm³/mol. The summed E-state index contributed by atoms with van der Waals surface area (Å²) in [5, 5.41) is 7.23. The maximum Gasteiger partial charge on any atom is 0.323 e. The lowest BCUT2D eigenvalue weighted by Crippen LogP contribution is -2.38. The van der Waals surface area contributed by atoms with Crippen molar-refractivity contribution in [3.05, 3.63) is 11.8 Å². The standard InChI is InChI=1S/C13H21N3O2S/c1-4-19-11-6-5-10(8-11)16(3)13(17)14-12-7-9(2)18-15-12/h7,10-11H,4-6,8H2,1-3H3,(H,14,15,17)/t10-,11+/m1/s1. The van der Waals surface area contributed by atoms with Crippen molar-refractivity contribution in [1.82, 2.24) is 10.1 Å². The Morgan fingerprint density at radius 2 is 2.42 bits per heavy atom. The Bertz CT molecular complexity index is 435. The molecular formula is C13H21N3O2S. The molecule has 1 heterocycles. The van der Waals surface area contributed by atoms with Crippen LogP contribution in [0.2, 0.25) is 0 Å². The summed E-state index contributed by atoms with van der Waals surface area (Å²) in [6.45, 7) is 3.98. The molecule has 5 nitrogen and oxygen atoms in total. The summed E-state index contributed by atoms with van der Waals surface area (Å²) in [6, 6.07) is 1.94. The maximum atomic E-state index is 12.1. The molecule has 1 N–H and O–H groups in total. The van der Waals surface area contributed by atoms with E-state index in [2.05, 4.69) is 17.4 Å². The molecule has 0 unspecified atom stereocenters. The van der Waals surface area contributed by atoms with Crippen LogP contribution in [0.1, 0.15) is 31.9 Å². The van der Waals surface area contributed by atoms with E-state index in [-0.39, 0.29) is 6.03 Å². The van der Waals surface area contributed by atoms with Gasteiger partial charge in [0.25, 0.3) is 0 Å². The molecule has 19 heavy (non-hydrogen) atoms. The van der Waals surface area contributed by atoms with E-state index in [0.29, 0.717) is 22.9 Å². The van der Waals surface area contributed by atoms with E-state index in [1.165, 1.54) is 6.42 Å². The zero-order valence-electron chi connectivity index (χ0n) is 11.7. The Labute approximate surface area is 118 Å². The van der Waals surface area contributed by atoms with Crippen molar-refractivity contribution in [1.29, 1.82) is 0 Å². The molecule has 0 aliphatic heterocycles. The van der Waals surface area contributed by atoms with Crippen LogP contribution in [0, 0.1) is 6.92 Å². The Balaban J connectivity index is 1.86. The van der Waals surface area contributed by atoms with Crippen LogP contribution < -0.4 is 5.32 Å². The monoisotopic (exact) mass is 283 g/mol. The normalized spacial score (nSPS) is 22.5. The van der Waals surface area contributed by atoms with E-state index >= 15 is 0 Å². The Kier molecular flexibility index (Phi) is 4.74. The van der Waals surface area contributed by atoms with Crippen molar-refractivity contribution in [2.45, 2.75) is 44.4 Å². The number of carbonyl (C=O) groups is 1. The zero-order chi connectivity index (χ0) is 13.8. The number of urea groups is 1. The number of hydrogen-bond acceptors (Lipinski definition) is 4. The second-order valence-electron chi connectivity index (χ2n) is 4.91. The Morgan fingerprint density at radius 3 is 3.05 bits per heavy atom. The first kappa shape index (κ1) is 14.2. The second-order valence-corrected chi connectivity index (χ2v) is 6.49. The summed E-state index contributed by atoms with van der Waals surface area (Å²) < 4.78 is 4.93. The molecule has 1 aromatic rings. The molecule has 2 atom stereocenters. The van der Waals surface area contributed by atoms with E-state index in [1.807, 2.05) is 18.8 Å². The lowest BCUT2D eigenvalue weighted by molar-refractivity contribution is 0.204. The maximum absolute atomic E-state index is 12.1. The fraction of sp³-hybridized carbons (Fsp3) is 0.692. The molecule has 106 valence electrons. The van der Waals surface area contributed by atoms with Crippen LogP contribution in [0.3, 0.4) is 0 Å². The third-order valence-electron chi connectivity index (χ3n) is 3.49. The molecule has 2 rings (SSSR count). The number of amides is 2. The highest BCUT2D eigenvalue weighted by Gasteiger charge is 2.30. The summed E-state index contributed by atoms with van der Waals surface area (Å²) in [6.07, 6.45) is 3.36. The number of thioether (sulfide) groups is 1. The summed E-state index contributed by atoms with van der Waals surface area (Å²) in [4.78, 5) is 13.9. The van der Waals surface area contributed by atoms with Crippen molar-refractivity contribution >= 4 is 23.6 Å². The lowest BCUT2D eigenvalue weighted by Gasteiger charge is -2.24. The molecule has 1 aliphatic rings. The van der Waals surface area contributed by atoms with Crippen LogP contribution in [0.5, 0.6) is 0 Å². The minimum absolute atomic E-state index is 0.111. The highest BCUT2D eigenvalue weighted by molar-refractivity contribution is 7.99. The predicted octanol–water partition coefficient (Wildman–Crippen LogP) is 3.12. The van der Waals surface area contributed by atoms with Gasteiger partial charge in [-0.15, -0.1) is 0 Å². The fourth-order valence-electron chi connectivity index (χ4n) is 2.45. The van der Waals surface area contributed by atoms with Crippen molar-refractivity contribution in [3.63, 3.8) is 0 Å². The average molecular weight is 283 g/mol. The van der Waals surface area contributed by atoms with Gasteiger partial charge in [-0.25, -0.2) is 4.79 Å². The average Bonchev–Trinajstić information content (AvgIpc) is 2.98. The highest BCUT2D eigenvalue weighted by Crippen LogP contribution is 2.32. The van der Waals surface area contributed by atoms with Gasteiger partial charge in [0.05, 0.1) is 0 Å². The molecule has 0 bridgehead atoms. The minimum Gasteiger partial charge on any atom is -0.360 e. The van der Waals surface area contributed by atoms with Gasteiger partial charge in [0.1, 0.15) is 5.76 Å². The van der Waals surface area contributed by atoms with Crippen LogP contribution in [-0.2, 0) is 0 Å². The van der Waals surface area contributed by atoms with Crippen molar-refractivity contribution in [3.8, 4) is 0 Å². The molecule has 0 radical (unpaired) electrons. The number of aryl methyl sites for hydroxylation is 1. The molecule has 0 saturated heterocycles. The van der Waals surface area contributed by atoms with Gasteiger partial charge >= 0.3 is 6.03 Å². The van der Waals surface area contributed by atoms with E-state index in [1.54, 1.807) is 17.9 Å². The highest BCUT2D eigenvalue weighted by atomic mass is 32.2. The molecule has 6 heteroatoms. The van der Waals surface area contributed by atoms with Crippen LogP contribution >= 0.6 is 11.8 Å². The summed E-state index contributed by atoms with van der Waals surface area (Å²) in [5.41, 5.74) is 0. The van der Waals surface area contributed by atoms with Crippen molar-refractivity contribution in [2.24, 2.45) is 0 Å². The molecule has 1 aliphatic carbocycles. The van der Waals surface area contributed by atoms with E-state index in [9.17, 15) is 4.79 Å². The van der Waals surface area contributed by atoms with E-state index in [0.717, 1.165) is 18.6 Å². The molecule has 1 fully saturated rings. The van der Waals surface area contributed by atoms with Crippen LogP contribution in [0.15, 0.2) is 10.6 Å². The number of aromatic nitrogens is 1. The fourth-order valence-corrected chi connectivity index (χ4v) is 3.58. The largest absolute Gasteiger partial charge is 0.360 e. The van der Waals surface area contributed by atoms with Crippen LogP contribution in [-0.4, -0.2) is 40.2 Å². The molecule has 1 saturated carbocycles. The number of rotatable bonds is 4. The quantitative estimate of drug-likeness (QED) is 0.922. The van der Waals surface area contributed by atoms with Gasteiger partial charge in [-0.3, -0.25) is 5.32 Å². The molecule has 1 aromatic heterocycles. The van der Waals surface area contributed by atoms with Gasteiger partial charge in [-0.2, -0.15) is 11.8 Å². The van der Waals surface area contributed by atoms with E-state index in [4.69, 9.17) is 4.52 Å². The smallest absolute Gasteiger partial charge is 0.323 e. The third kappa shape index (κ3) is 3.65. The van der Waals surface area contributed by atoms with Gasteiger partial charge in [0, 0.05) is 24.4 Å². The summed E-state index contributed by atoms with van der Waals surface area (Å²) in [5.74, 6) is 2.32. The van der Waals surface area contributed by atoms with Crippen LogP contribution in [0.4, 0.5) is 10.6 Å². The van der Waals surface area contributed by atoms with Gasteiger partial charge in [0.2, 0.25) is 0 Å². The number of nitrogens with one attached hydrogen (secondary N) is 1. The SMILES string of the molecule is CCS[C@H]1CC[C@@H](N(C)C(=O)Nc2cc(C)on2)C1. The van der Waals surface area contributed by atoms with E-state index < -0.39 is 0 Å². The zero-order valence-corrected chi connectivity index (χ0v) is 12.5. The molecule has 0 aromatic carbocycles. The topological polar surface area (TPSA) is 58.4 Å². The van der Waals surface area contributed by atoms with Crippen molar-refractivity contribution in [2.75, 3.05) is 18.1 Å². The number of anilines is 1. The summed E-state index contributed by atoms with van der Waals surface area (Å²) >= 11 is 1.99. The third-order valence-corrected chi connectivity index (χ3v) is 4.72. The van der Waals surface area contributed by atoms with Crippen molar-refractivity contribution < 1.29 is 9.32 Å². The Morgan fingerprint density at radius 1 is 1.63 bits per heavy atom. The summed E-state index contributed by atoms with van der Waals surface area (Å²) in [7, 11) is 1.85.